The van der Waals surface area contributed by atoms with Gasteiger partial charge in [-0.3, -0.25) is 10.1 Å². The van der Waals surface area contributed by atoms with Gasteiger partial charge in [0.2, 0.25) is 0 Å². The van der Waals surface area contributed by atoms with Crippen molar-refractivity contribution < 1.29 is 9.53 Å². The second kappa shape index (κ2) is 6.36. The summed E-state index contributed by atoms with van der Waals surface area (Å²) in [5.74, 6) is 0.506. The van der Waals surface area contributed by atoms with Gasteiger partial charge in [0.15, 0.2) is 0 Å². The summed E-state index contributed by atoms with van der Waals surface area (Å²) in [5, 5.41) is 2.75. The van der Waals surface area contributed by atoms with E-state index in [1.54, 1.807) is 6.07 Å². The molecule has 1 amide bonds. The number of aliphatic imine (C=N–C) groups is 1. The first kappa shape index (κ1) is 13.6. The van der Waals surface area contributed by atoms with E-state index in [9.17, 15) is 4.79 Å². The fraction of sp³-hybridized carbons (Fsp3) is 0.467. The summed E-state index contributed by atoms with van der Waals surface area (Å²) in [4.78, 5) is 16.5. The molecule has 0 saturated heterocycles. The van der Waals surface area contributed by atoms with Gasteiger partial charge in [-0.05, 0) is 44.2 Å². The molecule has 102 valence electrons. The van der Waals surface area contributed by atoms with Gasteiger partial charge in [-0.2, -0.15) is 0 Å². The van der Waals surface area contributed by atoms with Crippen LogP contribution in [-0.2, 0) is 4.74 Å². The van der Waals surface area contributed by atoms with Gasteiger partial charge in [0.1, 0.15) is 0 Å². The van der Waals surface area contributed by atoms with Crippen LogP contribution in [0.5, 0.6) is 0 Å². The molecule has 1 saturated carbocycles. The highest BCUT2D eigenvalue weighted by atomic mass is 16.5. The normalized spacial score (nSPS) is 15.2. The molecular formula is C15H20N2O2. The van der Waals surface area contributed by atoms with Gasteiger partial charge in [-0.15, -0.1) is 0 Å². The van der Waals surface area contributed by atoms with Gasteiger partial charge in [0.05, 0.1) is 6.61 Å². The number of nitrogens with zero attached hydrogens (tertiary/aromatic N) is 1. The molecule has 4 nitrogen and oxygen atoms in total. The molecule has 0 heterocycles. The Bertz CT molecular complexity index is 479. The van der Waals surface area contributed by atoms with Gasteiger partial charge in [-0.1, -0.05) is 18.2 Å². The Morgan fingerprint density at radius 1 is 1.42 bits per heavy atom. The van der Waals surface area contributed by atoms with Crippen molar-refractivity contribution in [3.63, 3.8) is 0 Å². The Balaban J connectivity index is 2.01. The lowest BCUT2D eigenvalue weighted by atomic mass is 10.1. The Morgan fingerprint density at radius 2 is 2.16 bits per heavy atom. The van der Waals surface area contributed by atoms with E-state index >= 15 is 0 Å². The Morgan fingerprint density at radius 3 is 2.79 bits per heavy atom. The minimum absolute atomic E-state index is 0.166. The number of carbonyl (C=O) groups is 1. The van der Waals surface area contributed by atoms with Gasteiger partial charge in [0, 0.05) is 12.1 Å². The fourth-order valence-electron chi connectivity index (χ4n) is 1.76. The molecule has 0 atom stereocenters. The van der Waals surface area contributed by atoms with Crippen LogP contribution in [0.1, 0.15) is 35.7 Å². The summed E-state index contributed by atoms with van der Waals surface area (Å²) in [6.45, 7) is 5.03. The minimum Gasteiger partial charge on any atom is -0.465 e. The standard InChI is InChI=1S/C15H20N2O2/c1-3-19-15(16-10-12-8-9-12)17-14(18)13-7-5-4-6-11(13)2/h4-7,12H,3,8-10H2,1-2H3,(H,16,17,18). The van der Waals surface area contributed by atoms with E-state index < -0.39 is 0 Å². The maximum atomic E-state index is 12.1. The van der Waals surface area contributed by atoms with Crippen molar-refractivity contribution in [2.75, 3.05) is 13.2 Å². The molecule has 1 fully saturated rings. The summed E-state index contributed by atoms with van der Waals surface area (Å²) < 4.78 is 5.37. The van der Waals surface area contributed by atoms with Crippen molar-refractivity contribution in [1.82, 2.24) is 5.32 Å². The molecule has 1 aliphatic rings. The lowest BCUT2D eigenvalue weighted by Crippen LogP contribution is -2.33. The summed E-state index contributed by atoms with van der Waals surface area (Å²) in [7, 11) is 0. The average Bonchev–Trinajstić information content (AvgIpc) is 3.20. The molecule has 1 aliphatic carbocycles. The summed E-state index contributed by atoms with van der Waals surface area (Å²) in [6, 6.07) is 7.81. The number of nitrogens with one attached hydrogen (secondary N) is 1. The van der Waals surface area contributed by atoms with E-state index in [1.807, 2.05) is 32.0 Å². The molecule has 0 unspecified atom stereocenters. The third-order valence-corrected chi connectivity index (χ3v) is 3.08. The largest absolute Gasteiger partial charge is 0.465 e. The first-order valence-electron chi connectivity index (χ1n) is 6.75. The Hall–Kier alpha value is -1.84. The number of amides is 1. The molecule has 1 aromatic rings. The molecule has 0 aromatic heterocycles. The van der Waals surface area contributed by atoms with Crippen molar-refractivity contribution in [3.05, 3.63) is 35.4 Å². The van der Waals surface area contributed by atoms with E-state index in [0.717, 1.165) is 12.1 Å². The van der Waals surface area contributed by atoms with Crippen LogP contribution >= 0.6 is 0 Å². The SMILES string of the molecule is CCOC(=NCC1CC1)NC(=O)c1ccccc1C. The number of carbonyl (C=O) groups excluding carboxylic acids is 1. The summed E-state index contributed by atoms with van der Waals surface area (Å²) in [6.07, 6.45) is 2.46. The molecule has 1 aromatic carbocycles. The average molecular weight is 260 g/mol. The maximum Gasteiger partial charge on any atom is 0.291 e. The molecule has 0 radical (unpaired) electrons. The maximum absolute atomic E-state index is 12.1. The van der Waals surface area contributed by atoms with Gasteiger partial charge in [-0.25, -0.2) is 4.99 Å². The predicted molar refractivity (Wildman–Crippen MR) is 75.3 cm³/mol. The van der Waals surface area contributed by atoms with E-state index in [1.165, 1.54) is 12.8 Å². The number of rotatable bonds is 4. The zero-order chi connectivity index (χ0) is 13.7. The molecule has 0 bridgehead atoms. The molecule has 1 N–H and O–H groups in total. The topological polar surface area (TPSA) is 50.7 Å². The molecule has 0 aliphatic heterocycles. The predicted octanol–water partition coefficient (Wildman–Crippen LogP) is 2.53. The van der Waals surface area contributed by atoms with Gasteiger partial charge < -0.3 is 4.74 Å². The van der Waals surface area contributed by atoms with Crippen LogP contribution in [0.3, 0.4) is 0 Å². The van der Waals surface area contributed by atoms with Crippen LogP contribution in [0, 0.1) is 12.8 Å². The molecular weight excluding hydrogens is 240 g/mol. The zero-order valence-corrected chi connectivity index (χ0v) is 11.5. The molecule has 2 rings (SSSR count). The second-order valence-corrected chi connectivity index (χ2v) is 4.79. The fourth-order valence-corrected chi connectivity index (χ4v) is 1.76. The highest BCUT2D eigenvalue weighted by molar-refractivity contribution is 6.04. The second-order valence-electron chi connectivity index (χ2n) is 4.79. The van der Waals surface area contributed by atoms with Gasteiger partial charge >= 0.3 is 0 Å². The van der Waals surface area contributed by atoms with Crippen molar-refractivity contribution in [3.8, 4) is 0 Å². The van der Waals surface area contributed by atoms with Crippen LogP contribution in [0.15, 0.2) is 29.3 Å². The number of amidine groups is 1. The number of hydrogen-bond acceptors (Lipinski definition) is 3. The van der Waals surface area contributed by atoms with Crippen LogP contribution < -0.4 is 5.32 Å². The quantitative estimate of drug-likeness (QED) is 0.668. The molecule has 19 heavy (non-hydrogen) atoms. The van der Waals surface area contributed by atoms with E-state index in [2.05, 4.69) is 10.3 Å². The lowest BCUT2D eigenvalue weighted by Gasteiger charge is -2.10. The van der Waals surface area contributed by atoms with Crippen LogP contribution in [-0.4, -0.2) is 25.1 Å². The van der Waals surface area contributed by atoms with Crippen molar-refractivity contribution >= 4 is 11.9 Å². The number of benzene rings is 1. The third kappa shape index (κ3) is 4.09. The zero-order valence-electron chi connectivity index (χ0n) is 11.5. The number of ether oxygens (including phenoxy) is 1. The van der Waals surface area contributed by atoms with Gasteiger partial charge in [0.25, 0.3) is 11.9 Å². The van der Waals surface area contributed by atoms with E-state index in [0.29, 0.717) is 24.1 Å². The van der Waals surface area contributed by atoms with E-state index in [-0.39, 0.29) is 5.91 Å². The Labute approximate surface area is 113 Å². The monoisotopic (exact) mass is 260 g/mol. The summed E-state index contributed by atoms with van der Waals surface area (Å²) in [5.41, 5.74) is 1.60. The highest BCUT2D eigenvalue weighted by Crippen LogP contribution is 2.28. The first-order chi connectivity index (χ1) is 9.20. The molecule has 0 spiro atoms. The first-order valence-corrected chi connectivity index (χ1v) is 6.75. The molecule has 4 heteroatoms. The smallest absolute Gasteiger partial charge is 0.291 e. The highest BCUT2D eigenvalue weighted by Gasteiger charge is 2.21. The van der Waals surface area contributed by atoms with Crippen LogP contribution in [0.4, 0.5) is 0 Å². The summed E-state index contributed by atoms with van der Waals surface area (Å²) >= 11 is 0. The Kier molecular flexibility index (Phi) is 4.55. The van der Waals surface area contributed by atoms with Crippen LogP contribution in [0.2, 0.25) is 0 Å². The van der Waals surface area contributed by atoms with E-state index in [4.69, 9.17) is 4.74 Å². The lowest BCUT2D eigenvalue weighted by molar-refractivity contribution is 0.0965. The van der Waals surface area contributed by atoms with Crippen molar-refractivity contribution in [2.45, 2.75) is 26.7 Å². The van der Waals surface area contributed by atoms with Crippen molar-refractivity contribution in [2.24, 2.45) is 10.9 Å². The minimum atomic E-state index is -0.166. The van der Waals surface area contributed by atoms with Crippen molar-refractivity contribution in [1.29, 1.82) is 0 Å². The third-order valence-electron chi connectivity index (χ3n) is 3.08. The van der Waals surface area contributed by atoms with Crippen LogP contribution in [0.25, 0.3) is 0 Å². The number of aryl methyl sites for hydroxylation is 1. The number of hydrogen-bond donors (Lipinski definition) is 1.